The molecule has 0 amide bonds. The van der Waals surface area contributed by atoms with Crippen molar-refractivity contribution in [3.05, 3.63) is 23.8 Å². The van der Waals surface area contributed by atoms with Crippen LogP contribution in [0, 0.1) is 5.92 Å². The van der Waals surface area contributed by atoms with Gasteiger partial charge in [0.1, 0.15) is 11.6 Å². The van der Waals surface area contributed by atoms with Gasteiger partial charge in [-0.25, -0.2) is 0 Å². The maximum absolute atomic E-state index is 12.6. The van der Waals surface area contributed by atoms with Gasteiger partial charge in [0, 0.05) is 19.6 Å². The molecular weight excluding hydrogens is 278 g/mol. The summed E-state index contributed by atoms with van der Waals surface area (Å²) in [6, 6.07) is 0.141. The molecule has 120 valence electrons. The number of carbonyl (C=O) groups excluding carboxylic acids is 1. The van der Waals surface area contributed by atoms with E-state index < -0.39 is 5.54 Å². The monoisotopic (exact) mass is 303 g/mol. The van der Waals surface area contributed by atoms with Crippen LogP contribution in [0.5, 0.6) is 0 Å². The van der Waals surface area contributed by atoms with Crippen LogP contribution in [0.4, 0.5) is 0 Å². The smallest absolute Gasteiger partial charge is 0.326 e. The third kappa shape index (κ3) is 2.33. The fraction of sp³-hybridized carbons (Fsp3) is 0.722. The van der Waals surface area contributed by atoms with E-state index in [0.29, 0.717) is 6.42 Å². The number of aliphatic hydroxyl groups excluding tert-OH is 1. The molecule has 0 unspecified atom stereocenters. The topological polar surface area (TPSA) is 49.8 Å². The third-order valence-corrected chi connectivity index (χ3v) is 5.72. The van der Waals surface area contributed by atoms with Gasteiger partial charge in [-0.3, -0.25) is 9.69 Å². The Balaban J connectivity index is 1.60. The average molecular weight is 303 g/mol. The first-order valence-electron chi connectivity index (χ1n) is 8.70. The minimum absolute atomic E-state index is 0.0551. The van der Waals surface area contributed by atoms with E-state index in [4.69, 9.17) is 4.74 Å². The largest absolute Gasteiger partial charge is 0.459 e. The first-order valence-corrected chi connectivity index (χ1v) is 8.70. The number of fused-ring (bicyclic) bond motifs is 2. The first-order chi connectivity index (χ1) is 10.7. The first kappa shape index (κ1) is 14.5. The molecule has 0 aromatic carbocycles. The standard InChI is InChI=1S/C18H25NO3/c20-10-7-16-15-11-14(6-5-13-3-4-13)12-19(15)18(17(21)22-16)8-1-2-9-18/h5-6,11,13,15-16,20H,1-4,7-10,12H2/b6-5+/t15-,16+/m1/s1. The molecule has 0 aromatic rings. The van der Waals surface area contributed by atoms with Crippen LogP contribution in [0.15, 0.2) is 23.8 Å². The summed E-state index contributed by atoms with van der Waals surface area (Å²) in [5.41, 5.74) is 0.909. The predicted octanol–water partition coefficient (Wildman–Crippen LogP) is 2.18. The highest BCUT2D eigenvalue weighted by Crippen LogP contribution is 2.45. The van der Waals surface area contributed by atoms with Gasteiger partial charge >= 0.3 is 5.97 Å². The Morgan fingerprint density at radius 3 is 2.82 bits per heavy atom. The molecule has 2 heterocycles. The van der Waals surface area contributed by atoms with E-state index in [9.17, 15) is 9.90 Å². The van der Waals surface area contributed by atoms with E-state index >= 15 is 0 Å². The number of hydrogen-bond acceptors (Lipinski definition) is 4. The van der Waals surface area contributed by atoms with Gasteiger partial charge in [-0.1, -0.05) is 31.1 Å². The van der Waals surface area contributed by atoms with Crippen LogP contribution in [-0.4, -0.2) is 46.8 Å². The van der Waals surface area contributed by atoms with Crippen molar-refractivity contribution < 1.29 is 14.6 Å². The fourth-order valence-corrected chi connectivity index (χ4v) is 4.31. The highest BCUT2D eigenvalue weighted by Gasteiger charge is 2.56. The Bertz CT molecular complexity index is 514. The SMILES string of the molecule is O=C1O[C@@H](CCO)[C@H]2C=C(/C=C/C3CC3)CN2C12CCCC2. The zero-order valence-electron chi connectivity index (χ0n) is 13.0. The summed E-state index contributed by atoms with van der Waals surface area (Å²) >= 11 is 0. The molecule has 2 aliphatic carbocycles. The van der Waals surface area contributed by atoms with Gasteiger partial charge in [-0.05, 0) is 37.2 Å². The van der Waals surface area contributed by atoms with Crippen molar-refractivity contribution in [2.75, 3.05) is 13.2 Å². The maximum Gasteiger partial charge on any atom is 0.326 e. The minimum atomic E-state index is -0.401. The summed E-state index contributed by atoms with van der Waals surface area (Å²) in [6.07, 6.45) is 13.8. The van der Waals surface area contributed by atoms with Crippen molar-refractivity contribution in [1.82, 2.24) is 4.90 Å². The van der Waals surface area contributed by atoms with Crippen molar-refractivity contribution in [3.63, 3.8) is 0 Å². The number of rotatable bonds is 4. The van der Waals surface area contributed by atoms with Crippen LogP contribution in [0.2, 0.25) is 0 Å². The van der Waals surface area contributed by atoms with Crippen LogP contribution in [-0.2, 0) is 9.53 Å². The molecule has 4 heteroatoms. The Kier molecular flexibility index (Phi) is 3.61. The van der Waals surface area contributed by atoms with Crippen molar-refractivity contribution in [3.8, 4) is 0 Å². The van der Waals surface area contributed by atoms with E-state index in [1.807, 2.05) is 0 Å². The molecule has 4 aliphatic rings. The average Bonchev–Trinajstić information content (AvgIpc) is 3.03. The van der Waals surface area contributed by atoms with Crippen molar-refractivity contribution in [2.45, 2.75) is 62.6 Å². The molecule has 1 N–H and O–H groups in total. The summed E-state index contributed by atoms with van der Waals surface area (Å²) in [4.78, 5) is 15.0. The minimum Gasteiger partial charge on any atom is -0.459 e. The third-order valence-electron chi connectivity index (χ3n) is 5.72. The number of ether oxygens (including phenoxy) is 1. The summed E-state index contributed by atoms with van der Waals surface area (Å²) in [7, 11) is 0. The van der Waals surface area contributed by atoms with E-state index in [-0.39, 0.29) is 24.7 Å². The van der Waals surface area contributed by atoms with E-state index in [0.717, 1.165) is 38.1 Å². The lowest BCUT2D eigenvalue weighted by atomic mass is 9.89. The molecular formula is C18H25NO3. The van der Waals surface area contributed by atoms with Gasteiger partial charge in [0.05, 0.1) is 6.04 Å². The number of hydrogen-bond donors (Lipinski definition) is 1. The normalized spacial score (nSPS) is 34.2. The molecule has 0 aromatic heterocycles. The molecule has 1 spiro atoms. The predicted molar refractivity (Wildman–Crippen MR) is 83.2 cm³/mol. The Hall–Kier alpha value is -1.13. The summed E-state index contributed by atoms with van der Waals surface area (Å²) < 4.78 is 5.76. The number of cyclic esters (lactones) is 1. The van der Waals surface area contributed by atoms with Gasteiger partial charge in [0.2, 0.25) is 0 Å². The van der Waals surface area contributed by atoms with Gasteiger partial charge < -0.3 is 9.84 Å². The quantitative estimate of drug-likeness (QED) is 0.809. The van der Waals surface area contributed by atoms with Gasteiger partial charge in [0.15, 0.2) is 0 Å². The molecule has 22 heavy (non-hydrogen) atoms. The lowest BCUT2D eigenvalue weighted by molar-refractivity contribution is -0.183. The molecule has 1 saturated heterocycles. The van der Waals surface area contributed by atoms with Crippen molar-refractivity contribution in [2.24, 2.45) is 5.92 Å². The van der Waals surface area contributed by atoms with Crippen LogP contribution in [0.1, 0.15) is 44.9 Å². The molecule has 4 rings (SSSR count). The molecule has 4 nitrogen and oxygen atoms in total. The summed E-state index contributed by atoms with van der Waals surface area (Å²) in [5, 5.41) is 9.29. The van der Waals surface area contributed by atoms with Crippen molar-refractivity contribution >= 4 is 5.97 Å². The van der Waals surface area contributed by atoms with E-state index in [1.54, 1.807) is 0 Å². The molecule has 0 bridgehead atoms. The Labute approximate surface area is 131 Å². The van der Waals surface area contributed by atoms with E-state index in [1.165, 1.54) is 18.4 Å². The molecule has 2 saturated carbocycles. The Morgan fingerprint density at radius 1 is 1.36 bits per heavy atom. The second kappa shape index (κ2) is 5.50. The number of carbonyl (C=O) groups is 1. The second-order valence-electron chi connectivity index (χ2n) is 7.25. The highest BCUT2D eigenvalue weighted by atomic mass is 16.6. The zero-order valence-corrected chi connectivity index (χ0v) is 13.0. The Morgan fingerprint density at radius 2 is 2.14 bits per heavy atom. The number of allylic oxidation sites excluding steroid dienone is 1. The number of morpholine rings is 1. The van der Waals surface area contributed by atoms with Crippen LogP contribution >= 0.6 is 0 Å². The number of esters is 1. The molecule has 3 fully saturated rings. The molecule has 0 radical (unpaired) electrons. The van der Waals surface area contributed by atoms with Gasteiger partial charge in [-0.2, -0.15) is 0 Å². The molecule has 2 atom stereocenters. The van der Waals surface area contributed by atoms with Crippen LogP contribution < -0.4 is 0 Å². The van der Waals surface area contributed by atoms with E-state index in [2.05, 4.69) is 23.1 Å². The summed E-state index contributed by atoms with van der Waals surface area (Å²) in [6.45, 7) is 0.918. The fourth-order valence-electron chi connectivity index (χ4n) is 4.31. The zero-order chi connectivity index (χ0) is 15.2. The van der Waals surface area contributed by atoms with Crippen molar-refractivity contribution in [1.29, 1.82) is 0 Å². The lowest BCUT2D eigenvalue weighted by Crippen LogP contribution is -2.64. The number of aliphatic hydroxyl groups is 1. The molecule has 2 aliphatic heterocycles. The lowest BCUT2D eigenvalue weighted by Gasteiger charge is -2.47. The van der Waals surface area contributed by atoms with Crippen LogP contribution in [0.25, 0.3) is 0 Å². The maximum atomic E-state index is 12.6. The highest BCUT2D eigenvalue weighted by molar-refractivity contribution is 5.83. The van der Waals surface area contributed by atoms with Crippen LogP contribution in [0.3, 0.4) is 0 Å². The van der Waals surface area contributed by atoms with Gasteiger partial charge in [0.25, 0.3) is 0 Å². The second-order valence-corrected chi connectivity index (χ2v) is 7.25. The van der Waals surface area contributed by atoms with Gasteiger partial charge in [-0.15, -0.1) is 0 Å². The number of nitrogens with zero attached hydrogens (tertiary/aromatic N) is 1. The summed E-state index contributed by atoms with van der Waals surface area (Å²) in [5.74, 6) is 0.714.